The Labute approximate surface area is 154 Å². The van der Waals surface area contributed by atoms with Crippen LogP contribution in [-0.4, -0.2) is 37.4 Å². The summed E-state index contributed by atoms with van der Waals surface area (Å²) in [4.78, 5) is 50.8. The monoisotopic (exact) mass is 362 g/mol. The standard InChI is InChI=1S/C19H14N4O4/c1-11-10-15(12(2)22(11)19-20-8-5-9-21-19)18(26)27-23-16(24)13-6-3-4-7-14(13)17(23)25/h3-10H,1-2H3. The van der Waals surface area contributed by atoms with Crippen LogP contribution in [-0.2, 0) is 4.84 Å². The molecule has 1 aliphatic heterocycles. The second-order valence-electron chi connectivity index (χ2n) is 6.00. The molecule has 0 saturated carbocycles. The maximum Gasteiger partial charge on any atom is 0.365 e. The van der Waals surface area contributed by atoms with Gasteiger partial charge in [-0.15, -0.1) is 0 Å². The summed E-state index contributed by atoms with van der Waals surface area (Å²) >= 11 is 0. The molecular weight excluding hydrogens is 348 g/mol. The predicted octanol–water partition coefficient (Wildman–Crippen LogP) is 2.25. The van der Waals surface area contributed by atoms with Gasteiger partial charge in [0.05, 0.1) is 16.7 Å². The SMILES string of the molecule is Cc1cc(C(=O)ON2C(=O)c3ccccc3C2=O)c(C)n1-c1ncccn1. The number of aryl methyl sites for hydroxylation is 1. The van der Waals surface area contributed by atoms with Crippen molar-refractivity contribution in [2.75, 3.05) is 0 Å². The van der Waals surface area contributed by atoms with E-state index in [9.17, 15) is 14.4 Å². The van der Waals surface area contributed by atoms with Gasteiger partial charge in [-0.1, -0.05) is 17.2 Å². The summed E-state index contributed by atoms with van der Waals surface area (Å²) in [6.45, 7) is 3.50. The number of amides is 2. The fraction of sp³-hybridized carbons (Fsp3) is 0.105. The molecule has 0 aliphatic carbocycles. The van der Waals surface area contributed by atoms with Gasteiger partial charge in [0.25, 0.3) is 11.8 Å². The van der Waals surface area contributed by atoms with Crippen LogP contribution in [0.3, 0.4) is 0 Å². The Morgan fingerprint density at radius 1 is 0.963 bits per heavy atom. The fourth-order valence-corrected chi connectivity index (χ4v) is 3.07. The first-order chi connectivity index (χ1) is 13.0. The Balaban J connectivity index is 1.64. The number of hydroxylamine groups is 2. The van der Waals surface area contributed by atoms with Crippen LogP contribution in [0.15, 0.2) is 48.8 Å². The molecule has 134 valence electrons. The van der Waals surface area contributed by atoms with Crippen molar-refractivity contribution in [1.29, 1.82) is 0 Å². The fourth-order valence-electron chi connectivity index (χ4n) is 3.07. The van der Waals surface area contributed by atoms with E-state index in [1.165, 1.54) is 12.1 Å². The molecule has 27 heavy (non-hydrogen) atoms. The number of rotatable bonds is 3. The highest BCUT2D eigenvalue weighted by Crippen LogP contribution is 2.25. The number of aromatic nitrogens is 3. The van der Waals surface area contributed by atoms with E-state index in [2.05, 4.69) is 9.97 Å². The smallest absolute Gasteiger partial charge is 0.324 e. The summed E-state index contributed by atoms with van der Waals surface area (Å²) in [6.07, 6.45) is 3.19. The first-order valence-electron chi connectivity index (χ1n) is 8.15. The van der Waals surface area contributed by atoms with E-state index in [1.54, 1.807) is 55.1 Å². The van der Waals surface area contributed by atoms with Crippen LogP contribution in [0.1, 0.15) is 42.5 Å². The van der Waals surface area contributed by atoms with Gasteiger partial charge in [0.2, 0.25) is 5.95 Å². The van der Waals surface area contributed by atoms with Gasteiger partial charge in [-0.05, 0) is 38.1 Å². The summed E-state index contributed by atoms with van der Waals surface area (Å²) in [7, 11) is 0. The highest BCUT2D eigenvalue weighted by molar-refractivity contribution is 6.21. The van der Waals surface area contributed by atoms with Crippen LogP contribution in [0.5, 0.6) is 0 Å². The molecule has 2 amide bonds. The number of carbonyl (C=O) groups excluding carboxylic acids is 3. The van der Waals surface area contributed by atoms with E-state index < -0.39 is 17.8 Å². The quantitative estimate of drug-likeness (QED) is 0.663. The van der Waals surface area contributed by atoms with Crippen LogP contribution in [0.25, 0.3) is 5.95 Å². The average Bonchev–Trinajstić information content (AvgIpc) is 3.11. The maximum absolute atomic E-state index is 12.6. The second kappa shape index (κ2) is 6.17. The predicted molar refractivity (Wildman–Crippen MR) is 93.2 cm³/mol. The van der Waals surface area contributed by atoms with E-state index in [0.29, 0.717) is 22.4 Å². The van der Waals surface area contributed by atoms with E-state index in [1.807, 2.05) is 0 Å². The highest BCUT2D eigenvalue weighted by atomic mass is 16.7. The minimum Gasteiger partial charge on any atom is -0.324 e. The first-order valence-corrected chi connectivity index (χ1v) is 8.15. The van der Waals surface area contributed by atoms with Gasteiger partial charge in [0, 0.05) is 23.8 Å². The lowest BCUT2D eigenvalue weighted by Crippen LogP contribution is -2.32. The van der Waals surface area contributed by atoms with Crippen LogP contribution in [0, 0.1) is 13.8 Å². The Hall–Kier alpha value is -3.81. The molecule has 0 atom stereocenters. The molecule has 0 bridgehead atoms. The molecule has 0 N–H and O–H groups in total. The second-order valence-corrected chi connectivity index (χ2v) is 6.00. The first kappa shape index (κ1) is 16.6. The lowest BCUT2D eigenvalue weighted by Gasteiger charge is -2.12. The Morgan fingerprint density at radius 3 is 2.15 bits per heavy atom. The van der Waals surface area contributed by atoms with Crippen LogP contribution >= 0.6 is 0 Å². The number of fused-ring (bicyclic) bond motifs is 1. The Bertz CT molecular complexity index is 1050. The number of benzene rings is 1. The summed E-state index contributed by atoms with van der Waals surface area (Å²) in [5.74, 6) is -1.72. The number of hydrogen-bond donors (Lipinski definition) is 0. The summed E-state index contributed by atoms with van der Waals surface area (Å²) in [5.41, 5.74) is 1.89. The molecule has 4 rings (SSSR count). The minimum absolute atomic E-state index is 0.207. The Morgan fingerprint density at radius 2 is 1.56 bits per heavy atom. The van der Waals surface area contributed by atoms with Gasteiger partial charge in [0.1, 0.15) is 0 Å². The maximum atomic E-state index is 12.6. The van der Waals surface area contributed by atoms with Gasteiger partial charge >= 0.3 is 5.97 Å². The number of imide groups is 1. The normalized spacial score (nSPS) is 13.0. The number of carbonyl (C=O) groups is 3. The van der Waals surface area contributed by atoms with Crippen LogP contribution in [0.4, 0.5) is 0 Å². The van der Waals surface area contributed by atoms with Gasteiger partial charge in [-0.3, -0.25) is 14.2 Å². The summed E-state index contributed by atoms with van der Waals surface area (Å²) in [5, 5.41) is 0.498. The van der Waals surface area contributed by atoms with Gasteiger partial charge < -0.3 is 4.84 Å². The van der Waals surface area contributed by atoms with E-state index in [-0.39, 0.29) is 16.7 Å². The minimum atomic E-state index is -0.806. The molecule has 0 saturated heterocycles. The largest absolute Gasteiger partial charge is 0.365 e. The molecule has 3 aromatic rings. The molecule has 3 heterocycles. The topological polar surface area (TPSA) is 94.4 Å². The van der Waals surface area contributed by atoms with Crippen LogP contribution in [0.2, 0.25) is 0 Å². The summed E-state index contributed by atoms with van der Waals surface area (Å²) < 4.78 is 1.69. The highest BCUT2D eigenvalue weighted by Gasteiger charge is 2.39. The molecule has 8 nitrogen and oxygen atoms in total. The van der Waals surface area contributed by atoms with Gasteiger partial charge in [0.15, 0.2) is 0 Å². The van der Waals surface area contributed by atoms with Crippen molar-refractivity contribution >= 4 is 17.8 Å². The molecule has 0 spiro atoms. The molecule has 2 aromatic heterocycles. The molecular formula is C19H14N4O4. The average molecular weight is 362 g/mol. The molecule has 8 heteroatoms. The third kappa shape index (κ3) is 2.58. The lowest BCUT2D eigenvalue weighted by molar-refractivity contribution is -0.0585. The van der Waals surface area contributed by atoms with E-state index in [4.69, 9.17) is 4.84 Å². The summed E-state index contributed by atoms with van der Waals surface area (Å²) in [6, 6.07) is 9.61. The zero-order valence-electron chi connectivity index (χ0n) is 14.5. The zero-order chi connectivity index (χ0) is 19.1. The van der Waals surface area contributed by atoms with Crippen molar-refractivity contribution in [2.45, 2.75) is 13.8 Å². The lowest BCUT2D eigenvalue weighted by atomic mass is 10.1. The van der Waals surface area contributed by atoms with Crippen LogP contribution < -0.4 is 0 Å². The van der Waals surface area contributed by atoms with Crippen molar-refractivity contribution in [3.63, 3.8) is 0 Å². The third-order valence-electron chi connectivity index (χ3n) is 4.33. The van der Waals surface area contributed by atoms with Crippen molar-refractivity contribution in [3.05, 3.63) is 76.9 Å². The van der Waals surface area contributed by atoms with E-state index in [0.717, 1.165) is 0 Å². The molecule has 0 radical (unpaired) electrons. The number of nitrogens with zero attached hydrogens (tertiary/aromatic N) is 4. The third-order valence-corrected chi connectivity index (χ3v) is 4.33. The zero-order valence-corrected chi connectivity index (χ0v) is 14.5. The van der Waals surface area contributed by atoms with Crippen molar-refractivity contribution in [1.82, 2.24) is 19.6 Å². The van der Waals surface area contributed by atoms with Gasteiger partial charge in [-0.25, -0.2) is 14.8 Å². The molecule has 1 aliphatic rings. The van der Waals surface area contributed by atoms with Gasteiger partial charge in [-0.2, -0.15) is 0 Å². The van der Waals surface area contributed by atoms with Crippen molar-refractivity contribution < 1.29 is 19.2 Å². The molecule has 0 fully saturated rings. The van der Waals surface area contributed by atoms with Crippen molar-refractivity contribution in [2.24, 2.45) is 0 Å². The molecule has 1 aromatic carbocycles. The van der Waals surface area contributed by atoms with E-state index >= 15 is 0 Å². The number of hydrogen-bond acceptors (Lipinski definition) is 6. The Kier molecular flexibility index (Phi) is 3.80. The molecule has 0 unspecified atom stereocenters. The van der Waals surface area contributed by atoms with Crippen molar-refractivity contribution in [3.8, 4) is 5.95 Å².